The van der Waals surface area contributed by atoms with Crippen molar-refractivity contribution in [2.45, 2.75) is 50.4 Å². The van der Waals surface area contributed by atoms with Crippen LogP contribution in [0.3, 0.4) is 0 Å². The molecular formula is C56H43NO. The Bertz CT molecular complexity index is 3100. The molecule has 0 unspecified atom stereocenters. The highest BCUT2D eigenvalue weighted by Crippen LogP contribution is 2.58. The number of furan rings is 1. The predicted molar refractivity (Wildman–Crippen MR) is 242 cm³/mol. The first kappa shape index (κ1) is 33.5. The summed E-state index contributed by atoms with van der Waals surface area (Å²) in [5.41, 5.74) is 21.4. The Morgan fingerprint density at radius 1 is 0.448 bits per heavy atom. The predicted octanol–water partition coefficient (Wildman–Crippen LogP) is 15.5. The average molecular weight is 746 g/mol. The van der Waals surface area contributed by atoms with E-state index in [0.717, 1.165) is 33.3 Å². The summed E-state index contributed by atoms with van der Waals surface area (Å²) < 4.78 is 6.43. The van der Waals surface area contributed by atoms with Crippen molar-refractivity contribution < 1.29 is 4.42 Å². The lowest BCUT2D eigenvalue weighted by molar-refractivity contribution is 0.550. The lowest BCUT2D eigenvalue weighted by Crippen LogP contribution is -2.21. The zero-order valence-corrected chi connectivity index (χ0v) is 32.9. The van der Waals surface area contributed by atoms with E-state index >= 15 is 0 Å². The highest BCUT2D eigenvalue weighted by Gasteiger charge is 2.45. The van der Waals surface area contributed by atoms with Gasteiger partial charge in [-0.2, -0.15) is 0 Å². The van der Waals surface area contributed by atoms with E-state index in [1.807, 2.05) is 0 Å². The third-order valence-corrected chi connectivity index (χ3v) is 13.8. The van der Waals surface area contributed by atoms with Crippen LogP contribution in [-0.2, 0) is 10.8 Å². The lowest BCUT2D eigenvalue weighted by Gasteiger charge is -2.31. The summed E-state index contributed by atoms with van der Waals surface area (Å²) in [5, 5.41) is 2.29. The fraction of sp³-hybridized carbons (Fsp3) is 0.143. The number of hydrogen-bond donors (Lipinski definition) is 0. The van der Waals surface area contributed by atoms with E-state index in [1.165, 1.54) is 98.1 Å². The second-order valence-electron chi connectivity index (χ2n) is 17.1. The van der Waals surface area contributed by atoms with Crippen LogP contribution in [0, 0.1) is 0 Å². The van der Waals surface area contributed by atoms with Gasteiger partial charge in [0.1, 0.15) is 11.2 Å². The number of rotatable bonds is 5. The smallest absolute Gasteiger partial charge is 0.136 e. The molecule has 0 bridgehead atoms. The van der Waals surface area contributed by atoms with E-state index in [4.69, 9.17) is 4.42 Å². The first-order chi connectivity index (χ1) is 28.5. The zero-order chi connectivity index (χ0) is 38.6. The molecule has 9 aromatic rings. The molecule has 0 radical (unpaired) electrons. The summed E-state index contributed by atoms with van der Waals surface area (Å²) in [6.45, 7) is 4.75. The van der Waals surface area contributed by atoms with Gasteiger partial charge in [-0.1, -0.05) is 160 Å². The number of benzene rings is 8. The number of para-hydroxylation sites is 2. The van der Waals surface area contributed by atoms with Gasteiger partial charge >= 0.3 is 0 Å². The second-order valence-corrected chi connectivity index (χ2v) is 17.1. The topological polar surface area (TPSA) is 16.4 Å². The molecule has 0 atom stereocenters. The van der Waals surface area contributed by atoms with Crippen LogP contribution < -0.4 is 4.90 Å². The van der Waals surface area contributed by atoms with Crippen LogP contribution in [0.4, 0.5) is 17.1 Å². The Labute approximate surface area is 340 Å². The fourth-order valence-corrected chi connectivity index (χ4v) is 11.3. The van der Waals surface area contributed by atoms with Crippen LogP contribution in [0.1, 0.15) is 61.8 Å². The maximum absolute atomic E-state index is 6.43. The Morgan fingerprint density at radius 3 is 1.86 bits per heavy atom. The van der Waals surface area contributed by atoms with Crippen LogP contribution in [-0.4, -0.2) is 0 Å². The van der Waals surface area contributed by atoms with Crippen molar-refractivity contribution in [2.24, 2.45) is 0 Å². The summed E-state index contributed by atoms with van der Waals surface area (Å²) in [7, 11) is 0. The van der Waals surface area contributed by atoms with E-state index < -0.39 is 0 Å². The summed E-state index contributed by atoms with van der Waals surface area (Å²) in [4.78, 5) is 2.50. The van der Waals surface area contributed by atoms with Gasteiger partial charge in [0.05, 0.1) is 5.69 Å². The van der Waals surface area contributed by atoms with Gasteiger partial charge in [-0.15, -0.1) is 0 Å². The van der Waals surface area contributed by atoms with E-state index in [-0.39, 0.29) is 10.8 Å². The summed E-state index contributed by atoms with van der Waals surface area (Å²) in [6, 6.07) is 65.4. The molecule has 8 aromatic carbocycles. The molecule has 2 heteroatoms. The van der Waals surface area contributed by atoms with Crippen LogP contribution in [0.15, 0.2) is 180 Å². The molecule has 1 aromatic heterocycles. The molecule has 0 aliphatic heterocycles. The van der Waals surface area contributed by atoms with E-state index in [0.29, 0.717) is 0 Å². The molecule has 1 spiro atoms. The quantitative estimate of drug-likeness (QED) is 0.174. The normalized spacial score (nSPS) is 15.4. The summed E-state index contributed by atoms with van der Waals surface area (Å²) in [5.74, 6) is 0. The number of fused-ring (bicyclic) bond motifs is 11. The molecule has 1 fully saturated rings. The molecule has 2 nitrogen and oxygen atoms in total. The highest BCUT2D eigenvalue weighted by atomic mass is 16.3. The number of nitrogens with zero attached hydrogens (tertiary/aromatic N) is 1. The van der Waals surface area contributed by atoms with Gasteiger partial charge in [-0.3, -0.25) is 0 Å². The van der Waals surface area contributed by atoms with Crippen molar-refractivity contribution in [1.82, 2.24) is 0 Å². The van der Waals surface area contributed by atoms with E-state index in [9.17, 15) is 0 Å². The molecule has 1 saturated carbocycles. The molecule has 3 aliphatic rings. The summed E-state index contributed by atoms with van der Waals surface area (Å²) in [6.07, 6.45) is 4.92. The maximum Gasteiger partial charge on any atom is 0.136 e. The molecular weight excluding hydrogens is 703 g/mol. The van der Waals surface area contributed by atoms with Gasteiger partial charge < -0.3 is 9.32 Å². The Kier molecular flexibility index (Phi) is 7.18. The second kappa shape index (κ2) is 12.4. The molecule has 58 heavy (non-hydrogen) atoms. The first-order valence-electron chi connectivity index (χ1n) is 20.9. The van der Waals surface area contributed by atoms with Crippen molar-refractivity contribution in [3.05, 3.63) is 198 Å². The summed E-state index contributed by atoms with van der Waals surface area (Å²) >= 11 is 0. The third kappa shape index (κ3) is 4.66. The maximum atomic E-state index is 6.43. The minimum absolute atomic E-state index is 0.0658. The molecule has 0 saturated heterocycles. The van der Waals surface area contributed by atoms with Crippen molar-refractivity contribution >= 4 is 39.0 Å². The van der Waals surface area contributed by atoms with Gasteiger partial charge in [0, 0.05) is 38.5 Å². The van der Waals surface area contributed by atoms with Crippen molar-refractivity contribution in [3.63, 3.8) is 0 Å². The Balaban J connectivity index is 1.06. The van der Waals surface area contributed by atoms with Crippen LogP contribution in [0.2, 0.25) is 0 Å². The van der Waals surface area contributed by atoms with Gasteiger partial charge in [-0.05, 0) is 117 Å². The van der Waals surface area contributed by atoms with Crippen molar-refractivity contribution in [1.29, 1.82) is 0 Å². The zero-order valence-electron chi connectivity index (χ0n) is 32.9. The minimum atomic E-state index is -0.0946. The molecule has 3 aliphatic carbocycles. The highest BCUT2D eigenvalue weighted by molar-refractivity contribution is 6.14. The van der Waals surface area contributed by atoms with E-state index in [1.54, 1.807) is 0 Å². The molecule has 0 amide bonds. The first-order valence-corrected chi connectivity index (χ1v) is 20.9. The van der Waals surface area contributed by atoms with Gasteiger partial charge in [-0.25, -0.2) is 0 Å². The standard InChI is InChI=1S/C56H43NO/c1-55(2)47-22-7-3-16-41(47)45-21-13-19-39(54(45)55)36-27-29-37(30-28-36)57(38-31-32-42-40-15-4-8-23-48(40)56(49(42)35-38)33-11-12-34-56)50-24-9-5-17-43(50)44-20-14-26-52-53(44)46-18-6-10-25-51(46)58-52/h3-10,13-32,35H,11-12,33-34H2,1-2H3. The van der Waals surface area contributed by atoms with Crippen LogP contribution in [0.5, 0.6) is 0 Å². The monoisotopic (exact) mass is 745 g/mol. The van der Waals surface area contributed by atoms with Crippen molar-refractivity contribution in [3.8, 4) is 44.5 Å². The van der Waals surface area contributed by atoms with Crippen LogP contribution in [0.25, 0.3) is 66.4 Å². The van der Waals surface area contributed by atoms with Gasteiger partial charge in [0.25, 0.3) is 0 Å². The average Bonchev–Trinajstić information content (AvgIpc) is 4.04. The van der Waals surface area contributed by atoms with Gasteiger partial charge in [0.15, 0.2) is 0 Å². The molecule has 1 heterocycles. The van der Waals surface area contributed by atoms with E-state index in [2.05, 4.69) is 195 Å². The molecule has 0 N–H and O–H groups in total. The number of hydrogen-bond acceptors (Lipinski definition) is 2. The third-order valence-electron chi connectivity index (χ3n) is 13.8. The van der Waals surface area contributed by atoms with Crippen LogP contribution >= 0.6 is 0 Å². The number of anilines is 3. The minimum Gasteiger partial charge on any atom is -0.456 e. The Hall–Kier alpha value is -6.64. The fourth-order valence-electron chi connectivity index (χ4n) is 11.3. The van der Waals surface area contributed by atoms with Gasteiger partial charge in [0.2, 0.25) is 0 Å². The Morgan fingerprint density at radius 2 is 1.03 bits per heavy atom. The largest absolute Gasteiger partial charge is 0.456 e. The SMILES string of the molecule is CC1(C)c2ccccc2-c2cccc(-c3ccc(N(c4ccc5c(c4)C4(CCCC4)c4ccccc4-5)c4ccccc4-c4cccc5oc6ccccc6c45)cc3)c21. The molecule has 278 valence electrons. The molecule has 12 rings (SSSR count). The van der Waals surface area contributed by atoms with Crippen molar-refractivity contribution in [2.75, 3.05) is 4.90 Å². The lowest BCUT2D eigenvalue weighted by atomic mass is 9.76.